The molecule has 0 heterocycles. The fourth-order valence-electron chi connectivity index (χ4n) is 1.41. The third kappa shape index (κ3) is 3.23. The molecule has 0 amide bonds. The van der Waals surface area contributed by atoms with Gasteiger partial charge in [-0.15, -0.1) is 0 Å². The van der Waals surface area contributed by atoms with Crippen LogP contribution >= 0.6 is 0 Å². The van der Waals surface area contributed by atoms with E-state index in [2.05, 4.69) is 0 Å². The molecule has 76 valence electrons. The summed E-state index contributed by atoms with van der Waals surface area (Å²) in [5.74, 6) is -0.878. The van der Waals surface area contributed by atoms with Gasteiger partial charge in [-0.25, -0.2) is 4.79 Å². The molecule has 0 saturated heterocycles. The number of hydrogen-bond acceptors (Lipinski definition) is 1. The zero-order valence-corrected chi connectivity index (χ0v) is 19.3. The normalized spacial score (nSPS) is 8.80. The van der Waals surface area contributed by atoms with E-state index in [0.29, 0.717) is 5.56 Å². The van der Waals surface area contributed by atoms with Crippen LogP contribution in [0.4, 0.5) is 0 Å². The van der Waals surface area contributed by atoms with Crippen molar-refractivity contribution in [2.45, 2.75) is 0 Å². The topological polar surface area (TPSA) is 37.3 Å². The van der Waals surface area contributed by atoms with Gasteiger partial charge in [0, 0.05) is 0 Å². The van der Waals surface area contributed by atoms with Gasteiger partial charge in [-0.1, -0.05) is 36.4 Å². The second-order valence-electron chi connectivity index (χ2n) is 2.83. The first kappa shape index (κ1) is 15.0. The van der Waals surface area contributed by atoms with E-state index in [-0.39, 0.29) is 54.6 Å². The summed E-state index contributed by atoms with van der Waals surface area (Å²) < 4.78 is 0. The van der Waals surface area contributed by atoms with Crippen molar-refractivity contribution in [2.75, 3.05) is 0 Å². The number of carboxylic acids is 1. The maximum absolute atomic E-state index is 10.8. The molecular weight excluding hydrogens is 579 g/mol. The molecule has 0 aromatic heterocycles. The molecule has 2 aromatic rings. The number of hydrogen-bond donors (Lipinski definition) is 1. The Hall–Kier alpha value is 0.0142. The van der Waals surface area contributed by atoms with Crippen LogP contribution in [0.2, 0.25) is 0 Å². The molecule has 4 heteroatoms. The van der Waals surface area contributed by atoms with E-state index in [1.54, 1.807) is 12.1 Å². The monoisotopic (exact) mass is 592 g/mol. The van der Waals surface area contributed by atoms with Crippen molar-refractivity contribution >= 4 is 71.3 Å². The summed E-state index contributed by atoms with van der Waals surface area (Å²) in [7, 11) is 0. The van der Waals surface area contributed by atoms with Crippen molar-refractivity contribution in [1.29, 1.82) is 0 Å². The number of rotatable bonds is 1. The van der Waals surface area contributed by atoms with E-state index >= 15 is 0 Å². The van der Waals surface area contributed by atoms with Gasteiger partial charge in [0.1, 0.15) is 0 Å². The van der Waals surface area contributed by atoms with Crippen LogP contribution in [0.3, 0.4) is 0 Å². The van der Waals surface area contributed by atoms with E-state index < -0.39 is 5.97 Å². The molecule has 0 bridgehead atoms. The average molecular weight is 591 g/mol. The molecule has 4 radical (unpaired) electrons. The van der Waals surface area contributed by atoms with Gasteiger partial charge in [-0.3, -0.25) is 0 Å². The van der Waals surface area contributed by atoms with E-state index in [9.17, 15) is 4.79 Å². The van der Waals surface area contributed by atoms with Gasteiger partial charge in [0.05, 0.1) is 5.56 Å². The second-order valence-corrected chi connectivity index (χ2v) is 2.83. The molecule has 0 aliphatic heterocycles. The fourth-order valence-corrected chi connectivity index (χ4v) is 1.41. The summed E-state index contributed by atoms with van der Waals surface area (Å²) in [6, 6.07) is 12.7. The first-order valence-corrected chi connectivity index (χ1v) is 4.00. The molecule has 2 nitrogen and oxygen atoms in total. The summed E-state index contributed by atoms with van der Waals surface area (Å²) in [5, 5.41) is 10.6. The summed E-state index contributed by atoms with van der Waals surface area (Å²) in [6.45, 7) is 0. The summed E-state index contributed by atoms with van der Waals surface area (Å²) in [6.07, 6.45) is 0. The molecule has 1 N–H and O–H groups in total. The Labute approximate surface area is 128 Å². The molecule has 0 unspecified atom stereocenters. The van der Waals surface area contributed by atoms with Gasteiger partial charge in [-0.05, 0) is 16.8 Å². The number of carbonyl (C=O) groups is 1. The third-order valence-corrected chi connectivity index (χ3v) is 2.02. The summed E-state index contributed by atoms with van der Waals surface area (Å²) in [5.41, 5.74) is 0.359. The van der Waals surface area contributed by atoms with Gasteiger partial charge in [0.2, 0.25) is 0 Å². The van der Waals surface area contributed by atoms with Crippen LogP contribution < -0.4 is 0 Å². The van der Waals surface area contributed by atoms with Crippen LogP contribution in [-0.2, 0) is 0 Å². The standard InChI is InChI=1S/C11H8O2.2Pb.4H/c12-11(13)10-7-3-5-8-4-1-2-6-9(8)10;;;;;;/h1-7H,(H,12,13);;;;;;. The fraction of sp³-hybridized carbons (Fsp3) is 0. The number of fused-ring (bicyclic) bond motifs is 1. The van der Waals surface area contributed by atoms with E-state index in [4.69, 9.17) is 5.11 Å². The molecule has 0 aliphatic carbocycles. The van der Waals surface area contributed by atoms with Crippen LogP contribution in [0, 0.1) is 0 Å². The second kappa shape index (κ2) is 6.57. The first-order valence-electron chi connectivity index (χ1n) is 4.00. The Morgan fingerprint density at radius 2 is 1.53 bits per heavy atom. The van der Waals surface area contributed by atoms with Gasteiger partial charge in [0.25, 0.3) is 0 Å². The van der Waals surface area contributed by atoms with Crippen molar-refractivity contribution in [2.24, 2.45) is 0 Å². The SMILES string of the molecule is O=C(O)c1cccc2ccccc12.[PbH2].[PbH2]. The minimum absolute atomic E-state index is 0. The van der Waals surface area contributed by atoms with E-state index in [0.717, 1.165) is 10.8 Å². The molecule has 0 fully saturated rings. The van der Waals surface area contributed by atoms with Crippen molar-refractivity contribution in [3.63, 3.8) is 0 Å². The van der Waals surface area contributed by atoms with Crippen molar-refractivity contribution in [1.82, 2.24) is 0 Å². The van der Waals surface area contributed by atoms with Crippen LogP contribution in [0.15, 0.2) is 42.5 Å². The molecule has 15 heavy (non-hydrogen) atoms. The van der Waals surface area contributed by atoms with Gasteiger partial charge >= 0.3 is 60.6 Å². The molecule has 0 saturated carbocycles. The molecule has 2 aromatic carbocycles. The van der Waals surface area contributed by atoms with E-state index in [1.807, 2.05) is 30.3 Å². The first-order chi connectivity index (χ1) is 6.29. The van der Waals surface area contributed by atoms with E-state index in [1.165, 1.54) is 0 Å². The molecule has 2 rings (SSSR count). The van der Waals surface area contributed by atoms with Crippen LogP contribution in [0.1, 0.15) is 10.4 Å². The van der Waals surface area contributed by atoms with Crippen LogP contribution in [0.25, 0.3) is 10.8 Å². The Morgan fingerprint density at radius 3 is 2.20 bits per heavy atom. The van der Waals surface area contributed by atoms with Gasteiger partial charge < -0.3 is 5.11 Å². The van der Waals surface area contributed by atoms with Gasteiger partial charge in [-0.2, -0.15) is 0 Å². The Balaban J connectivity index is 0.000000980. The molecule has 0 atom stereocenters. The predicted octanol–water partition coefficient (Wildman–Crippen LogP) is 0.706. The van der Waals surface area contributed by atoms with Crippen molar-refractivity contribution in [3.8, 4) is 0 Å². The van der Waals surface area contributed by atoms with Crippen molar-refractivity contribution < 1.29 is 9.90 Å². The Bertz CT molecular complexity index is 464. The minimum atomic E-state index is -0.878. The Morgan fingerprint density at radius 1 is 0.933 bits per heavy atom. The summed E-state index contributed by atoms with van der Waals surface area (Å²) in [4.78, 5) is 10.8. The molecular formula is C11H12O2Pb2. The number of benzene rings is 2. The number of aromatic carboxylic acids is 1. The average Bonchev–Trinajstić information content (AvgIpc) is 2.17. The predicted molar refractivity (Wildman–Crippen MR) is 68.0 cm³/mol. The Kier molecular flexibility index (Phi) is 6.57. The summed E-state index contributed by atoms with van der Waals surface area (Å²) >= 11 is 0. The third-order valence-electron chi connectivity index (χ3n) is 2.02. The molecule has 0 aliphatic rings. The number of carboxylic acid groups (broad SMARTS) is 1. The molecule has 0 spiro atoms. The zero-order chi connectivity index (χ0) is 9.26. The van der Waals surface area contributed by atoms with Crippen molar-refractivity contribution in [3.05, 3.63) is 48.0 Å². The van der Waals surface area contributed by atoms with Crippen LogP contribution in [0.5, 0.6) is 0 Å². The quantitative estimate of drug-likeness (QED) is 0.497. The van der Waals surface area contributed by atoms with Gasteiger partial charge in [0.15, 0.2) is 0 Å². The maximum atomic E-state index is 10.8. The van der Waals surface area contributed by atoms with Crippen LogP contribution in [-0.4, -0.2) is 65.7 Å². The zero-order valence-electron chi connectivity index (χ0n) is 8.31.